The van der Waals surface area contributed by atoms with E-state index in [2.05, 4.69) is 4.90 Å². The highest BCUT2D eigenvalue weighted by Gasteiger charge is 2.42. The van der Waals surface area contributed by atoms with Gasteiger partial charge in [0.15, 0.2) is 0 Å². The molecule has 0 N–H and O–H groups in total. The molecular formula is C29H38FN3O4S. The minimum absolute atomic E-state index is 0.0359. The maximum absolute atomic E-state index is 14.2. The van der Waals surface area contributed by atoms with Crippen LogP contribution in [0.25, 0.3) is 0 Å². The first-order valence-electron chi connectivity index (χ1n) is 13.7. The van der Waals surface area contributed by atoms with E-state index in [0.29, 0.717) is 24.9 Å². The van der Waals surface area contributed by atoms with E-state index in [0.717, 1.165) is 37.5 Å². The number of benzene rings is 2. The smallest absolute Gasteiger partial charge is 0.410 e. The van der Waals surface area contributed by atoms with Gasteiger partial charge in [-0.15, -0.1) is 0 Å². The summed E-state index contributed by atoms with van der Waals surface area (Å²) in [4.78, 5) is 17.5. The van der Waals surface area contributed by atoms with Crippen LogP contribution >= 0.6 is 0 Å². The third kappa shape index (κ3) is 6.05. The SMILES string of the molecule is Cc1ccc(S(=O)(=O)N2[C@@H](COC(=O)N3CCN(CC4CC4)C[C@@H]3C)CCC[C@H]2c2cccc(F)c2)cc1. The molecule has 2 aromatic carbocycles. The molecule has 5 rings (SSSR count). The molecule has 0 aromatic heterocycles. The Bertz CT molecular complexity index is 1230. The fourth-order valence-corrected chi connectivity index (χ4v) is 7.67. The van der Waals surface area contributed by atoms with Gasteiger partial charge < -0.3 is 9.64 Å². The Kier molecular flexibility index (Phi) is 8.07. The third-order valence-electron chi connectivity index (χ3n) is 8.07. The van der Waals surface area contributed by atoms with Gasteiger partial charge in [-0.2, -0.15) is 4.31 Å². The molecule has 2 aliphatic heterocycles. The monoisotopic (exact) mass is 543 g/mol. The van der Waals surface area contributed by atoms with Gasteiger partial charge in [-0.1, -0.05) is 29.8 Å². The average Bonchev–Trinajstić information content (AvgIpc) is 3.71. The molecule has 1 saturated carbocycles. The standard InChI is InChI=1S/C29H38FN3O4S/c1-21-9-13-27(14-10-21)38(35,36)33-26(7-4-8-28(33)24-5-3-6-25(30)17-24)20-37-29(34)32-16-15-31(18-22(32)2)19-23-11-12-23/h3,5-6,9-10,13-14,17,22-23,26,28H,4,7-8,11-12,15-16,18-20H2,1-2H3/t22-,26+,28-/m0/s1. The lowest BCUT2D eigenvalue weighted by Gasteiger charge is -2.42. The Morgan fingerprint density at radius 2 is 1.82 bits per heavy atom. The van der Waals surface area contributed by atoms with Gasteiger partial charge >= 0.3 is 6.09 Å². The molecule has 2 saturated heterocycles. The first kappa shape index (κ1) is 27.1. The number of amides is 1. The Labute approximate surface area is 225 Å². The first-order valence-corrected chi connectivity index (χ1v) is 15.2. The number of ether oxygens (including phenoxy) is 1. The van der Waals surface area contributed by atoms with Crippen LogP contribution in [0.4, 0.5) is 9.18 Å². The van der Waals surface area contributed by atoms with Crippen molar-refractivity contribution in [3.05, 3.63) is 65.5 Å². The number of piperidine rings is 1. The van der Waals surface area contributed by atoms with E-state index in [1.165, 1.54) is 29.3 Å². The molecule has 2 heterocycles. The highest BCUT2D eigenvalue weighted by molar-refractivity contribution is 7.89. The van der Waals surface area contributed by atoms with E-state index in [-0.39, 0.29) is 17.5 Å². The predicted molar refractivity (Wildman–Crippen MR) is 144 cm³/mol. The molecule has 0 bridgehead atoms. The zero-order chi connectivity index (χ0) is 26.9. The van der Waals surface area contributed by atoms with Crippen molar-refractivity contribution in [2.24, 2.45) is 5.92 Å². The predicted octanol–water partition coefficient (Wildman–Crippen LogP) is 4.97. The van der Waals surface area contributed by atoms with Crippen molar-refractivity contribution in [3.8, 4) is 0 Å². The molecule has 3 atom stereocenters. The summed E-state index contributed by atoms with van der Waals surface area (Å²) < 4.78 is 49.4. The summed E-state index contributed by atoms with van der Waals surface area (Å²) in [6.07, 6.45) is 4.09. The summed E-state index contributed by atoms with van der Waals surface area (Å²) >= 11 is 0. The number of hydrogen-bond donors (Lipinski definition) is 0. The number of rotatable bonds is 7. The van der Waals surface area contributed by atoms with Crippen molar-refractivity contribution in [2.45, 2.75) is 69.0 Å². The normalized spacial score (nSPS) is 25.3. The maximum Gasteiger partial charge on any atom is 0.410 e. The van der Waals surface area contributed by atoms with Crippen LogP contribution in [0.2, 0.25) is 0 Å². The summed E-state index contributed by atoms with van der Waals surface area (Å²) in [5, 5.41) is 0. The van der Waals surface area contributed by atoms with Crippen LogP contribution in [0, 0.1) is 18.7 Å². The van der Waals surface area contributed by atoms with Gasteiger partial charge in [0.05, 0.1) is 17.0 Å². The summed E-state index contributed by atoms with van der Waals surface area (Å²) in [5.41, 5.74) is 1.57. The number of hydrogen-bond acceptors (Lipinski definition) is 5. The molecule has 2 aromatic rings. The Balaban J connectivity index is 1.34. The summed E-state index contributed by atoms with van der Waals surface area (Å²) in [6.45, 7) is 7.26. The minimum atomic E-state index is -3.94. The van der Waals surface area contributed by atoms with Gasteiger partial charge in [-0.3, -0.25) is 4.90 Å². The summed E-state index contributed by atoms with van der Waals surface area (Å²) in [7, 11) is -3.94. The van der Waals surface area contributed by atoms with Crippen molar-refractivity contribution in [1.82, 2.24) is 14.1 Å². The molecule has 0 unspecified atom stereocenters. The van der Waals surface area contributed by atoms with Crippen LogP contribution in [0.1, 0.15) is 56.2 Å². The Morgan fingerprint density at radius 3 is 2.50 bits per heavy atom. The zero-order valence-electron chi connectivity index (χ0n) is 22.3. The van der Waals surface area contributed by atoms with Crippen molar-refractivity contribution in [2.75, 3.05) is 32.8 Å². The molecule has 7 nitrogen and oxygen atoms in total. The quantitative estimate of drug-likeness (QED) is 0.493. The Morgan fingerprint density at radius 1 is 1.05 bits per heavy atom. The van der Waals surface area contributed by atoms with Gasteiger partial charge in [0.25, 0.3) is 0 Å². The largest absolute Gasteiger partial charge is 0.448 e. The summed E-state index contributed by atoms with van der Waals surface area (Å²) in [5.74, 6) is 0.401. The number of carbonyl (C=O) groups is 1. The van der Waals surface area contributed by atoms with Crippen LogP contribution in [0.3, 0.4) is 0 Å². The maximum atomic E-state index is 14.2. The number of aryl methyl sites for hydroxylation is 1. The molecule has 9 heteroatoms. The van der Waals surface area contributed by atoms with E-state index in [4.69, 9.17) is 4.74 Å². The number of carbonyl (C=O) groups excluding carboxylic acids is 1. The van der Waals surface area contributed by atoms with Gasteiger partial charge in [0, 0.05) is 32.2 Å². The minimum Gasteiger partial charge on any atom is -0.448 e. The highest BCUT2D eigenvalue weighted by Crippen LogP contribution is 2.39. The lowest BCUT2D eigenvalue weighted by Crippen LogP contribution is -2.55. The molecule has 3 aliphatic rings. The second-order valence-corrected chi connectivity index (χ2v) is 13.0. The van der Waals surface area contributed by atoms with E-state index >= 15 is 0 Å². The van der Waals surface area contributed by atoms with Gasteiger partial charge in [0.1, 0.15) is 12.4 Å². The van der Waals surface area contributed by atoms with Crippen LogP contribution in [0.15, 0.2) is 53.4 Å². The fraction of sp³-hybridized carbons (Fsp3) is 0.552. The number of nitrogens with zero attached hydrogens (tertiary/aromatic N) is 3. The van der Waals surface area contributed by atoms with Crippen molar-refractivity contribution >= 4 is 16.1 Å². The fourth-order valence-electron chi connectivity index (χ4n) is 5.82. The average molecular weight is 544 g/mol. The molecule has 3 fully saturated rings. The zero-order valence-corrected chi connectivity index (χ0v) is 23.1. The number of sulfonamides is 1. The molecule has 1 amide bonds. The lowest BCUT2D eigenvalue weighted by molar-refractivity contribution is 0.0318. The van der Waals surface area contributed by atoms with Gasteiger partial charge in [-0.05, 0) is 81.7 Å². The van der Waals surface area contributed by atoms with E-state index in [1.54, 1.807) is 41.3 Å². The second kappa shape index (κ2) is 11.3. The van der Waals surface area contributed by atoms with Crippen molar-refractivity contribution in [3.63, 3.8) is 0 Å². The molecule has 0 spiro atoms. The molecule has 0 radical (unpaired) electrons. The lowest BCUT2D eigenvalue weighted by atomic mass is 9.93. The first-order chi connectivity index (χ1) is 18.2. The molecule has 38 heavy (non-hydrogen) atoms. The third-order valence-corrected chi connectivity index (χ3v) is 10.0. The number of piperazine rings is 1. The summed E-state index contributed by atoms with van der Waals surface area (Å²) in [6, 6.07) is 11.8. The molecule has 1 aliphatic carbocycles. The van der Waals surface area contributed by atoms with E-state index < -0.39 is 34.0 Å². The molecule has 206 valence electrons. The highest BCUT2D eigenvalue weighted by atomic mass is 32.2. The Hall–Kier alpha value is -2.49. The van der Waals surface area contributed by atoms with E-state index in [1.807, 2.05) is 13.8 Å². The van der Waals surface area contributed by atoms with Gasteiger partial charge in [-0.25, -0.2) is 17.6 Å². The van der Waals surface area contributed by atoms with Crippen LogP contribution < -0.4 is 0 Å². The second-order valence-electron chi connectivity index (χ2n) is 11.1. The van der Waals surface area contributed by atoms with Crippen molar-refractivity contribution < 1.29 is 22.3 Å². The topological polar surface area (TPSA) is 70.2 Å². The van der Waals surface area contributed by atoms with Crippen LogP contribution in [-0.2, 0) is 14.8 Å². The molecular weight excluding hydrogens is 505 g/mol. The van der Waals surface area contributed by atoms with Crippen molar-refractivity contribution in [1.29, 1.82) is 0 Å². The number of halogens is 1. The van der Waals surface area contributed by atoms with Crippen LogP contribution in [-0.4, -0.2) is 73.5 Å². The van der Waals surface area contributed by atoms with E-state index in [9.17, 15) is 17.6 Å². The van der Waals surface area contributed by atoms with Crippen LogP contribution in [0.5, 0.6) is 0 Å². The van der Waals surface area contributed by atoms with Gasteiger partial charge in [0.2, 0.25) is 10.0 Å².